The van der Waals surface area contributed by atoms with E-state index < -0.39 is 6.10 Å². The highest BCUT2D eigenvalue weighted by atomic mass is 79.9. The predicted octanol–water partition coefficient (Wildman–Crippen LogP) is 2.21. The van der Waals surface area contributed by atoms with Crippen LogP contribution in [0.1, 0.15) is 30.9 Å². The van der Waals surface area contributed by atoms with E-state index in [-0.39, 0.29) is 0 Å². The first kappa shape index (κ1) is 11.9. The van der Waals surface area contributed by atoms with Gasteiger partial charge in [-0.15, -0.1) is 0 Å². The van der Waals surface area contributed by atoms with Crippen molar-refractivity contribution in [2.24, 2.45) is 0 Å². The molecule has 88 valence electrons. The molecule has 0 radical (unpaired) electrons. The molecule has 1 aromatic carbocycles. The number of halogens is 1. The van der Waals surface area contributed by atoms with Crippen molar-refractivity contribution < 1.29 is 5.11 Å². The lowest BCUT2D eigenvalue weighted by Gasteiger charge is -2.18. The third-order valence-electron chi connectivity index (χ3n) is 3.08. The molecule has 1 aliphatic rings. The molecule has 1 saturated heterocycles. The van der Waals surface area contributed by atoms with Gasteiger partial charge in [0.2, 0.25) is 0 Å². The summed E-state index contributed by atoms with van der Waals surface area (Å²) in [6, 6.07) is 6.03. The Morgan fingerprint density at radius 1 is 1.56 bits per heavy atom. The molecule has 1 aromatic rings. The summed E-state index contributed by atoms with van der Waals surface area (Å²) in [5.74, 6) is 0. The summed E-state index contributed by atoms with van der Waals surface area (Å²) in [4.78, 5) is 0. The van der Waals surface area contributed by atoms with Gasteiger partial charge in [0.05, 0.1) is 6.10 Å². The van der Waals surface area contributed by atoms with E-state index >= 15 is 0 Å². The van der Waals surface area contributed by atoms with Crippen molar-refractivity contribution in [1.29, 1.82) is 0 Å². The Morgan fingerprint density at radius 2 is 2.38 bits per heavy atom. The van der Waals surface area contributed by atoms with Gasteiger partial charge in [-0.25, -0.2) is 0 Å². The highest BCUT2D eigenvalue weighted by Crippen LogP contribution is 2.28. The molecule has 0 aromatic heterocycles. The number of rotatable bonds is 3. The largest absolute Gasteiger partial charge is 0.398 e. The number of anilines is 1. The zero-order valence-electron chi connectivity index (χ0n) is 9.12. The molecule has 0 amide bonds. The third-order valence-corrected chi connectivity index (χ3v) is 3.57. The maximum Gasteiger partial charge on any atom is 0.0825 e. The second kappa shape index (κ2) is 5.17. The van der Waals surface area contributed by atoms with Crippen LogP contribution in [-0.4, -0.2) is 17.7 Å². The van der Waals surface area contributed by atoms with E-state index in [1.54, 1.807) is 0 Å². The molecule has 1 heterocycles. The van der Waals surface area contributed by atoms with Crippen LogP contribution in [0.4, 0.5) is 5.69 Å². The molecule has 2 atom stereocenters. The molecule has 0 bridgehead atoms. The smallest absolute Gasteiger partial charge is 0.0825 e. The molecule has 1 aliphatic heterocycles. The van der Waals surface area contributed by atoms with Gasteiger partial charge < -0.3 is 16.2 Å². The second-order valence-corrected chi connectivity index (χ2v) is 5.23. The fraction of sp³-hybridized carbons (Fsp3) is 0.500. The number of nitrogens with two attached hydrogens (primary N) is 1. The number of benzene rings is 1. The van der Waals surface area contributed by atoms with E-state index in [1.807, 2.05) is 18.2 Å². The van der Waals surface area contributed by atoms with Gasteiger partial charge >= 0.3 is 0 Å². The van der Waals surface area contributed by atoms with Gasteiger partial charge in [0.15, 0.2) is 0 Å². The fourth-order valence-electron chi connectivity index (χ4n) is 2.19. The van der Waals surface area contributed by atoms with E-state index in [0.717, 1.165) is 29.4 Å². The number of aliphatic hydroxyl groups is 1. The van der Waals surface area contributed by atoms with Crippen LogP contribution in [0.5, 0.6) is 0 Å². The lowest BCUT2D eigenvalue weighted by Crippen LogP contribution is -2.24. The molecule has 16 heavy (non-hydrogen) atoms. The minimum Gasteiger partial charge on any atom is -0.398 e. The Bertz CT molecular complexity index is 364. The van der Waals surface area contributed by atoms with Crippen LogP contribution in [0.15, 0.2) is 22.7 Å². The Labute approximate surface area is 104 Å². The van der Waals surface area contributed by atoms with E-state index in [9.17, 15) is 5.11 Å². The molecule has 1 fully saturated rings. The number of hydrogen-bond acceptors (Lipinski definition) is 3. The van der Waals surface area contributed by atoms with Gasteiger partial charge in [0, 0.05) is 21.8 Å². The Hall–Kier alpha value is -0.580. The van der Waals surface area contributed by atoms with Crippen LogP contribution < -0.4 is 11.1 Å². The summed E-state index contributed by atoms with van der Waals surface area (Å²) >= 11 is 3.40. The highest BCUT2D eigenvalue weighted by Gasteiger charge is 2.20. The lowest BCUT2D eigenvalue weighted by molar-refractivity contribution is 0.155. The quantitative estimate of drug-likeness (QED) is 0.746. The van der Waals surface area contributed by atoms with Crippen molar-refractivity contribution in [3.63, 3.8) is 0 Å². The van der Waals surface area contributed by atoms with Crippen molar-refractivity contribution in [2.45, 2.75) is 31.4 Å². The van der Waals surface area contributed by atoms with Crippen LogP contribution in [0.3, 0.4) is 0 Å². The third kappa shape index (κ3) is 2.75. The van der Waals surface area contributed by atoms with Crippen molar-refractivity contribution in [2.75, 3.05) is 12.3 Å². The van der Waals surface area contributed by atoms with Gasteiger partial charge in [-0.05, 0) is 44.0 Å². The normalized spacial score (nSPS) is 22.2. The predicted molar refractivity (Wildman–Crippen MR) is 69.2 cm³/mol. The lowest BCUT2D eigenvalue weighted by atomic mass is 10.00. The zero-order valence-corrected chi connectivity index (χ0v) is 10.7. The number of nitrogen functional groups attached to an aromatic ring is 1. The summed E-state index contributed by atoms with van der Waals surface area (Å²) in [5, 5.41) is 13.5. The van der Waals surface area contributed by atoms with Crippen LogP contribution >= 0.6 is 15.9 Å². The van der Waals surface area contributed by atoms with Gasteiger partial charge in [-0.2, -0.15) is 0 Å². The van der Waals surface area contributed by atoms with Crippen LogP contribution in [-0.2, 0) is 0 Å². The fourth-order valence-corrected chi connectivity index (χ4v) is 2.57. The summed E-state index contributed by atoms with van der Waals surface area (Å²) in [6.45, 7) is 1.06. The van der Waals surface area contributed by atoms with E-state index in [0.29, 0.717) is 11.7 Å². The standard InChI is InChI=1S/C12H17BrN2O/c13-8-3-4-11(14)10(6-8)12(16)7-9-2-1-5-15-9/h3-4,6,9,12,15-16H,1-2,5,7,14H2. The minimum atomic E-state index is -0.479. The molecule has 0 aliphatic carbocycles. The van der Waals surface area contributed by atoms with Crippen LogP contribution in [0.25, 0.3) is 0 Å². The second-order valence-electron chi connectivity index (χ2n) is 4.32. The van der Waals surface area contributed by atoms with Crippen molar-refractivity contribution >= 4 is 21.6 Å². The van der Waals surface area contributed by atoms with Gasteiger partial charge in [-0.3, -0.25) is 0 Å². The van der Waals surface area contributed by atoms with E-state index in [4.69, 9.17) is 5.73 Å². The Kier molecular flexibility index (Phi) is 3.84. The molecule has 4 heteroatoms. The molecule has 3 nitrogen and oxygen atoms in total. The van der Waals surface area contributed by atoms with Crippen molar-refractivity contribution in [3.05, 3.63) is 28.2 Å². The first-order valence-electron chi connectivity index (χ1n) is 5.63. The summed E-state index contributed by atoms with van der Waals surface area (Å²) in [7, 11) is 0. The molecular formula is C12H17BrN2O. The topological polar surface area (TPSA) is 58.3 Å². The molecule has 2 unspecified atom stereocenters. The maximum atomic E-state index is 10.1. The van der Waals surface area contributed by atoms with Gasteiger partial charge in [0.1, 0.15) is 0 Å². The molecule has 0 saturated carbocycles. The van der Waals surface area contributed by atoms with Crippen LogP contribution in [0, 0.1) is 0 Å². The Balaban J connectivity index is 2.07. The SMILES string of the molecule is Nc1ccc(Br)cc1C(O)CC1CCCN1. The first-order chi connectivity index (χ1) is 7.66. The molecular weight excluding hydrogens is 268 g/mol. The summed E-state index contributed by atoms with van der Waals surface area (Å²) in [5.41, 5.74) is 7.35. The highest BCUT2D eigenvalue weighted by molar-refractivity contribution is 9.10. The van der Waals surface area contributed by atoms with E-state index in [2.05, 4.69) is 21.2 Å². The van der Waals surface area contributed by atoms with E-state index in [1.165, 1.54) is 6.42 Å². The van der Waals surface area contributed by atoms with Gasteiger partial charge in [-0.1, -0.05) is 15.9 Å². The van der Waals surface area contributed by atoms with Crippen molar-refractivity contribution in [1.82, 2.24) is 5.32 Å². The Morgan fingerprint density at radius 3 is 3.06 bits per heavy atom. The molecule has 2 rings (SSSR count). The zero-order chi connectivity index (χ0) is 11.5. The van der Waals surface area contributed by atoms with Crippen molar-refractivity contribution in [3.8, 4) is 0 Å². The first-order valence-corrected chi connectivity index (χ1v) is 6.42. The summed E-state index contributed by atoms with van der Waals surface area (Å²) in [6.07, 6.45) is 2.60. The summed E-state index contributed by atoms with van der Waals surface area (Å²) < 4.78 is 0.954. The average molecular weight is 285 g/mol. The minimum absolute atomic E-state index is 0.424. The van der Waals surface area contributed by atoms with Crippen LogP contribution in [0.2, 0.25) is 0 Å². The molecule has 0 spiro atoms. The average Bonchev–Trinajstić information content (AvgIpc) is 2.74. The monoisotopic (exact) mass is 284 g/mol. The number of nitrogens with one attached hydrogen (secondary N) is 1. The number of aliphatic hydroxyl groups excluding tert-OH is 1. The number of hydrogen-bond donors (Lipinski definition) is 3. The maximum absolute atomic E-state index is 10.1. The van der Waals surface area contributed by atoms with Gasteiger partial charge in [0.25, 0.3) is 0 Å². The molecule has 4 N–H and O–H groups in total.